The summed E-state index contributed by atoms with van der Waals surface area (Å²) in [6.45, 7) is 0. The van der Waals surface area contributed by atoms with Crippen molar-refractivity contribution in [3.8, 4) is 22.1 Å². The van der Waals surface area contributed by atoms with Crippen LogP contribution in [0.4, 0.5) is 33.3 Å². The van der Waals surface area contributed by atoms with Crippen LogP contribution in [0.1, 0.15) is 6.42 Å². The van der Waals surface area contributed by atoms with Crippen LogP contribution in [0.5, 0.6) is 11.5 Å². The number of anilines is 2. The summed E-state index contributed by atoms with van der Waals surface area (Å²) in [5, 5.41) is 4.46. The Bertz CT molecular complexity index is 1670. The Morgan fingerprint density at radius 3 is 2.45 bits per heavy atom. The number of aromatic nitrogens is 3. The third kappa shape index (κ3) is 6.20. The van der Waals surface area contributed by atoms with E-state index in [4.69, 9.17) is 4.74 Å². The van der Waals surface area contributed by atoms with Crippen molar-refractivity contribution in [2.24, 2.45) is 7.05 Å². The van der Waals surface area contributed by atoms with Crippen LogP contribution >= 0.6 is 11.3 Å². The first-order valence-corrected chi connectivity index (χ1v) is 12.6. The van der Waals surface area contributed by atoms with E-state index in [1.165, 1.54) is 29.7 Å². The summed E-state index contributed by atoms with van der Waals surface area (Å²) in [7, 11) is 1.85. The van der Waals surface area contributed by atoms with Gasteiger partial charge in [0.25, 0.3) is 0 Å². The summed E-state index contributed by atoms with van der Waals surface area (Å²) in [6, 6.07) is 8.98. The second-order valence-electron chi connectivity index (χ2n) is 8.80. The first-order valence-electron chi connectivity index (χ1n) is 11.8. The van der Waals surface area contributed by atoms with Crippen LogP contribution in [0.3, 0.4) is 0 Å². The van der Waals surface area contributed by atoms with Gasteiger partial charge in [-0.05, 0) is 42.5 Å². The van der Waals surface area contributed by atoms with Crippen molar-refractivity contribution in [1.82, 2.24) is 14.5 Å². The predicted octanol–water partition coefficient (Wildman–Crippen LogP) is 7.14. The van der Waals surface area contributed by atoms with Crippen molar-refractivity contribution < 1.29 is 31.5 Å². The van der Waals surface area contributed by atoms with Gasteiger partial charge in [-0.25, -0.2) is 13.8 Å². The molecule has 1 unspecified atom stereocenters. The highest BCUT2D eigenvalue weighted by molar-refractivity contribution is 7.22. The van der Waals surface area contributed by atoms with Gasteiger partial charge < -0.3 is 19.9 Å². The van der Waals surface area contributed by atoms with Gasteiger partial charge in [-0.3, -0.25) is 9.78 Å². The highest BCUT2D eigenvalue weighted by Gasteiger charge is 2.41. The summed E-state index contributed by atoms with van der Waals surface area (Å²) in [5.41, 5.74) is 1.34. The first kappa shape index (κ1) is 27.1. The Labute approximate surface area is 228 Å². The molecule has 1 atom stereocenters. The van der Waals surface area contributed by atoms with Gasteiger partial charge in [0.15, 0.2) is 11.6 Å². The molecule has 0 fully saturated rings. The molecule has 0 saturated carbocycles. The number of fused-ring (bicyclic) bond motifs is 1. The van der Waals surface area contributed by atoms with E-state index in [1.54, 1.807) is 12.4 Å². The molecule has 0 spiro atoms. The minimum Gasteiger partial charge on any atom is -0.453 e. The molecular weight excluding hydrogens is 553 g/mol. The molecule has 7 nitrogen and oxygen atoms in total. The van der Waals surface area contributed by atoms with Crippen molar-refractivity contribution in [3.63, 3.8) is 0 Å². The number of hydrogen-bond donors (Lipinski definition) is 2. The molecule has 5 rings (SSSR count). The third-order valence-electron chi connectivity index (χ3n) is 5.74. The number of rotatable bonds is 8. The molecule has 0 bridgehead atoms. The molecule has 1 amide bonds. The SMILES string of the molecule is Cn1cnc(-c2cc3nccc(Oc4ccc(NC(=O)CC(Nc5ccc(F)cc5)C(F)(F)F)cc4F)c3s2)c1. The maximum absolute atomic E-state index is 14.9. The average Bonchev–Trinajstić information content (AvgIpc) is 3.53. The second-order valence-corrected chi connectivity index (χ2v) is 9.86. The fourth-order valence-corrected chi connectivity index (χ4v) is 4.86. The van der Waals surface area contributed by atoms with Crippen LogP contribution in [0, 0.1) is 11.6 Å². The number of nitrogens with one attached hydrogen (secondary N) is 2. The summed E-state index contributed by atoms with van der Waals surface area (Å²) >= 11 is 1.38. The first-order chi connectivity index (χ1) is 19.0. The Morgan fingerprint density at radius 2 is 1.77 bits per heavy atom. The van der Waals surface area contributed by atoms with Crippen molar-refractivity contribution in [1.29, 1.82) is 0 Å². The number of carbonyl (C=O) groups excluding carboxylic acids is 1. The van der Waals surface area contributed by atoms with Gasteiger partial charge in [0, 0.05) is 42.9 Å². The van der Waals surface area contributed by atoms with Crippen LogP contribution in [0.15, 0.2) is 73.3 Å². The number of hydrogen-bond acceptors (Lipinski definition) is 6. The Morgan fingerprint density at radius 1 is 1.02 bits per heavy atom. The molecule has 3 heterocycles. The van der Waals surface area contributed by atoms with Crippen LogP contribution < -0.4 is 15.4 Å². The van der Waals surface area contributed by atoms with E-state index in [9.17, 15) is 26.7 Å². The van der Waals surface area contributed by atoms with Crippen molar-refractivity contribution >= 4 is 38.8 Å². The molecule has 0 aliphatic carbocycles. The van der Waals surface area contributed by atoms with E-state index < -0.39 is 36.2 Å². The normalized spacial score (nSPS) is 12.3. The molecule has 0 aliphatic rings. The highest BCUT2D eigenvalue weighted by Crippen LogP contribution is 2.39. The van der Waals surface area contributed by atoms with Gasteiger partial charge in [-0.15, -0.1) is 11.3 Å². The smallest absolute Gasteiger partial charge is 0.409 e. The highest BCUT2D eigenvalue weighted by atomic mass is 32.1. The number of aryl methyl sites for hydroxylation is 1. The molecular formula is C27H20F5N5O2S. The lowest BCUT2D eigenvalue weighted by Crippen LogP contribution is -2.39. The summed E-state index contributed by atoms with van der Waals surface area (Å²) in [6.07, 6.45) is -0.717. The number of imidazole rings is 1. The number of ether oxygens (including phenoxy) is 1. The standard InChI is InChI=1S/C27H20F5N5O2S/c1-37-13-20(34-14-37)23-11-19-26(40-23)22(8-9-33-19)39-21-7-6-17(10-18(21)29)36-25(38)12-24(27(30,31)32)35-16-4-2-15(28)3-5-16/h2-11,13-14,24,35H,12H2,1H3,(H,36,38). The number of pyridine rings is 1. The second kappa shape index (κ2) is 10.9. The van der Waals surface area contributed by atoms with Crippen LogP contribution in [-0.2, 0) is 11.8 Å². The van der Waals surface area contributed by atoms with Crippen molar-refractivity contribution in [2.45, 2.75) is 18.6 Å². The van der Waals surface area contributed by atoms with Crippen LogP contribution in [0.25, 0.3) is 20.8 Å². The lowest BCUT2D eigenvalue weighted by molar-refractivity contribution is -0.148. The molecule has 5 aromatic rings. The lowest BCUT2D eigenvalue weighted by Gasteiger charge is -2.22. The Hall–Kier alpha value is -4.52. The number of benzene rings is 2. The van der Waals surface area contributed by atoms with Crippen molar-refractivity contribution in [3.05, 3.63) is 85.0 Å². The zero-order valence-corrected chi connectivity index (χ0v) is 21.5. The van der Waals surface area contributed by atoms with Crippen LogP contribution in [0.2, 0.25) is 0 Å². The topological polar surface area (TPSA) is 81.1 Å². The van der Waals surface area contributed by atoms with Crippen LogP contribution in [-0.4, -0.2) is 32.7 Å². The Kier molecular flexibility index (Phi) is 7.39. The summed E-state index contributed by atoms with van der Waals surface area (Å²) in [5.74, 6) is -2.24. The lowest BCUT2D eigenvalue weighted by atomic mass is 10.1. The van der Waals surface area contributed by atoms with Gasteiger partial charge in [0.05, 0.1) is 33.5 Å². The monoisotopic (exact) mass is 573 g/mol. The van der Waals surface area contributed by atoms with E-state index in [0.29, 0.717) is 16.0 Å². The molecule has 206 valence electrons. The van der Waals surface area contributed by atoms with E-state index in [1.807, 2.05) is 23.9 Å². The number of nitrogens with zero attached hydrogens (tertiary/aromatic N) is 3. The third-order valence-corrected chi connectivity index (χ3v) is 6.90. The van der Waals surface area contributed by atoms with Gasteiger partial charge in [0.1, 0.15) is 17.6 Å². The largest absolute Gasteiger partial charge is 0.453 e. The van der Waals surface area contributed by atoms with E-state index in [0.717, 1.165) is 40.9 Å². The molecule has 13 heteroatoms. The van der Waals surface area contributed by atoms with Gasteiger partial charge >= 0.3 is 6.18 Å². The van der Waals surface area contributed by atoms with E-state index in [2.05, 4.69) is 20.6 Å². The predicted molar refractivity (Wildman–Crippen MR) is 141 cm³/mol. The zero-order chi connectivity index (χ0) is 28.4. The van der Waals surface area contributed by atoms with Gasteiger partial charge in [-0.2, -0.15) is 13.2 Å². The minimum atomic E-state index is -4.78. The number of alkyl halides is 3. The van der Waals surface area contributed by atoms with Crippen molar-refractivity contribution in [2.75, 3.05) is 10.6 Å². The molecule has 0 saturated heterocycles. The fraction of sp³-hybridized carbons (Fsp3) is 0.148. The maximum atomic E-state index is 14.9. The fourth-order valence-electron chi connectivity index (χ4n) is 3.83. The number of amides is 1. The molecule has 0 aliphatic heterocycles. The molecule has 0 radical (unpaired) electrons. The average molecular weight is 574 g/mol. The van der Waals surface area contributed by atoms with Gasteiger partial charge in [0.2, 0.25) is 5.91 Å². The zero-order valence-electron chi connectivity index (χ0n) is 20.7. The van der Waals surface area contributed by atoms with E-state index in [-0.39, 0.29) is 17.1 Å². The summed E-state index contributed by atoms with van der Waals surface area (Å²) < 4.78 is 76.8. The Balaban J connectivity index is 1.28. The molecule has 2 aromatic carbocycles. The minimum absolute atomic E-state index is 0.00724. The quantitative estimate of drug-likeness (QED) is 0.193. The summed E-state index contributed by atoms with van der Waals surface area (Å²) in [4.78, 5) is 21.9. The molecule has 2 N–H and O–H groups in total. The number of halogens is 5. The van der Waals surface area contributed by atoms with E-state index >= 15 is 0 Å². The molecule has 3 aromatic heterocycles. The molecule has 40 heavy (non-hydrogen) atoms. The van der Waals surface area contributed by atoms with Gasteiger partial charge in [-0.1, -0.05) is 0 Å². The maximum Gasteiger partial charge on any atom is 0.409 e. The number of carbonyl (C=O) groups is 1. The number of thiophene rings is 1.